The molecule has 0 aliphatic carbocycles. The predicted octanol–water partition coefficient (Wildman–Crippen LogP) is 22.7. The molecule has 6 heteroatoms. The zero-order valence-electron chi connectivity index (χ0n) is 51.0. The van der Waals surface area contributed by atoms with Crippen molar-refractivity contribution >= 4 is 17.9 Å². The fourth-order valence-electron chi connectivity index (χ4n) is 9.33. The third-order valence-electron chi connectivity index (χ3n) is 14.3. The lowest BCUT2D eigenvalue weighted by Gasteiger charge is -2.18. The van der Waals surface area contributed by atoms with Gasteiger partial charge < -0.3 is 14.2 Å². The first-order chi connectivity index (χ1) is 38.0. The third-order valence-corrected chi connectivity index (χ3v) is 14.3. The summed E-state index contributed by atoms with van der Waals surface area (Å²) in [5.74, 6) is -0.900. The Morgan fingerprint density at radius 1 is 0.260 bits per heavy atom. The van der Waals surface area contributed by atoms with Crippen LogP contribution in [-0.4, -0.2) is 37.2 Å². The average Bonchev–Trinajstić information content (AvgIpc) is 3.43. The smallest absolute Gasteiger partial charge is 0.306 e. The van der Waals surface area contributed by atoms with Gasteiger partial charge in [-0.3, -0.25) is 14.4 Å². The molecule has 0 bridgehead atoms. The molecule has 0 aliphatic rings. The van der Waals surface area contributed by atoms with Crippen LogP contribution in [0.15, 0.2) is 85.1 Å². The van der Waals surface area contributed by atoms with Crippen LogP contribution in [0.25, 0.3) is 0 Å². The number of carbonyl (C=O) groups excluding carboxylic acids is 3. The molecule has 0 fully saturated rings. The van der Waals surface area contributed by atoms with E-state index in [1.165, 1.54) is 186 Å². The molecule has 444 valence electrons. The Labute approximate surface area is 477 Å². The fraction of sp³-hybridized carbons (Fsp3) is 0.761. The van der Waals surface area contributed by atoms with E-state index in [1.807, 2.05) is 0 Å². The zero-order chi connectivity index (χ0) is 55.7. The quantitative estimate of drug-likeness (QED) is 0.0261. The van der Waals surface area contributed by atoms with E-state index in [0.29, 0.717) is 19.3 Å². The maximum Gasteiger partial charge on any atom is 0.306 e. The molecule has 1 atom stereocenters. The Morgan fingerprint density at radius 2 is 0.468 bits per heavy atom. The molecule has 0 N–H and O–H groups in total. The number of hydrogen-bond donors (Lipinski definition) is 0. The van der Waals surface area contributed by atoms with Crippen LogP contribution in [0.3, 0.4) is 0 Å². The van der Waals surface area contributed by atoms with E-state index in [-0.39, 0.29) is 31.1 Å². The number of ether oxygens (including phenoxy) is 3. The standard InChI is InChI=1S/C71H124O6/c1-4-7-10-13-16-19-22-25-28-31-34-35-38-40-43-46-49-52-55-58-61-64-70(73)76-67-68(77-71(74)65-62-59-56-53-50-47-44-41-37-33-30-27-24-21-18-15-12-9-6-3)66-75-69(72)63-60-57-54-51-48-45-42-39-36-32-29-26-23-20-17-14-11-8-5-2/h18,21-22,25-27,29-31,34,37-38,40-41,68H,4-17,19-20,23-24,28,32-33,35-36,39,42-67H2,1-3H3/b21-18-,25-22-,29-26-,30-27-,34-31-,40-38-,41-37-. The molecule has 1 unspecified atom stereocenters. The normalized spacial score (nSPS) is 12.6. The number of carbonyl (C=O) groups is 3. The van der Waals surface area contributed by atoms with Crippen LogP contribution in [0.1, 0.15) is 329 Å². The molecule has 0 aliphatic heterocycles. The second kappa shape index (κ2) is 65.1. The summed E-state index contributed by atoms with van der Waals surface area (Å²) in [6, 6.07) is 0. The SMILES string of the molecule is CCCCC/C=C\C/C=C\C/C=C\CCCCCCCCC(=O)OC(COC(=O)CCCCCCCC/C=C\C/C=C\C/C=C\CCCCCCC)COC(=O)CCCCCCCCCCC/C=C\CCCCCCCC. The van der Waals surface area contributed by atoms with Crippen molar-refractivity contribution in [2.45, 2.75) is 335 Å². The molecule has 0 amide bonds. The minimum absolute atomic E-state index is 0.0864. The van der Waals surface area contributed by atoms with Crippen molar-refractivity contribution in [3.05, 3.63) is 85.1 Å². The van der Waals surface area contributed by atoms with Gasteiger partial charge in [-0.25, -0.2) is 0 Å². The first kappa shape index (κ1) is 73.6. The maximum atomic E-state index is 12.9. The molecule has 77 heavy (non-hydrogen) atoms. The number of unbranched alkanes of at least 4 members (excludes halogenated alkanes) is 35. The van der Waals surface area contributed by atoms with Gasteiger partial charge in [0, 0.05) is 19.3 Å². The van der Waals surface area contributed by atoms with Gasteiger partial charge in [-0.2, -0.15) is 0 Å². The van der Waals surface area contributed by atoms with Gasteiger partial charge in [-0.05, 0) is 122 Å². The summed E-state index contributed by atoms with van der Waals surface area (Å²) in [4.78, 5) is 38.4. The van der Waals surface area contributed by atoms with E-state index in [9.17, 15) is 14.4 Å². The van der Waals surface area contributed by atoms with Gasteiger partial charge in [-0.15, -0.1) is 0 Å². The number of esters is 3. The molecule has 0 radical (unpaired) electrons. The van der Waals surface area contributed by atoms with Crippen LogP contribution >= 0.6 is 0 Å². The van der Waals surface area contributed by atoms with Crippen molar-refractivity contribution in [1.29, 1.82) is 0 Å². The Morgan fingerprint density at radius 3 is 0.766 bits per heavy atom. The summed E-state index contributed by atoms with van der Waals surface area (Å²) in [5, 5.41) is 0. The molecular weight excluding hydrogens is 949 g/mol. The lowest BCUT2D eigenvalue weighted by molar-refractivity contribution is -0.167. The highest BCUT2D eigenvalue weighted by Gasteiger charge is 2.19. The number of rotatable bonds is 60. The van der Waals surface area contributed by atoms with Crippen molar-refractivity contribution in [2.24, 2.45) is 0 Å². The maximum absolute atomic E-state index is 12.9. The van der Waals surface area contributed by atoms with Crippen molar-refractivity contribution in [3.63, 3.8) is 0 Å². The Kier molecular flexibility index (Phi) is 62.2. The number of hydrogen-bond acceptors (Lipinski definition) is 6. The summed E-state index contributed by atoms with van der Waals surface area (Å²) >= 11 is 0. The van der Waals surface area contributed by atoms with Crippen LogP contribution < -0.4 is 0 Å². The molecule has 0 rings (SSSR count). The van der Waals surface area contributed by atoms with Gasteiger partial charge in [0.05, 0.1) is 0 Å². The van der Waals surface area contributed by atoms with Crippen molar-refractivity contribution in [1.82, 2.24) is 0 Å². The Balaban J connectivity index is 4.43. The van der Waals surface area contributed by atoms with Gasteiger partial charge >= 0.3 is 17.9 Å². The first-order valence-electron chi connectivity index (χ1n) is 33.1. The van der Waals surface area contributed by atoms with Crippen molar-refractivity contribution in [2.75, 3.05) is 13.2 Å². The fourth-order valence-corrected chi connectivity index (χ4v) is 9.33. The summed E-state index contributed by atoms with van der Waals surface area (Å²) < 4.78 is 16.9. The highest BCUT2D eigenvalue weighted by Crippen LogP contribution is 2.16. The molecule has 0 heterocycles. The van der Waals surface area contributed by atoms with E-state index in [0.717, 1.165) is 103 Å². The highest BCUT2D eigenvalue weighted by atomic mass is 16.6. The molecular formula is C71H124O6. The van der Waals surface area contributed by atoms with E-state index >= 15 is 0 Å². The molecule has 0 saturated heterocycles. The third kappa shape index (κ3) is 63.3. The van der Waals surface area contributed by atoms with Crippen molar-refractivity contribution < 1.29 is 28.6 Å². The van der Waals surface area contributed by atoms with Crippen LogP contribution in [0.4, 0.5) is 0 Å². The van der Waals surface area contributed by atoms with Crippen LogP contribution in [0, 0.1) is 0 Å². The first-order valence-corrected chi connectivity index (χ1v) is 33.1. The summed E-state index contributed by atoms with van der Waals surface area (Å²) in [7, 11) is 0. The molecule has 6 nitrogen and oxygen atoms in total. The molecule has 0 spiro atoms. The monoisotopic (exact) mass is 1070 g/mol. The van der Waals surface area contributed by atoms with Gasteiger partial charge in [0.2, 0.25) is 0 Å². The van der Waals surface area contributed by atoms with E-state index in [2.05, 4.69) is 106 Å². The van der Waals surface area contributed by atoms with Gasteiger partial charge in [0.1, 0.15) is 13.2 Å². The lowest BCUT2D eigenvalue weighted by atomic mass is 10.1. The molecule has 0 aromatic heterocycles. The summed E-state index contributed by atoms with van der Waals surface area (Å²) in [6.07, 6.45) is 85.8. The summed E-state index contributed by atoms with van der Waals surface area (Å²) in [6.45, 7) is 6.61. The van der Waals surface area contributed by atoms with Crippen LogP contribution in [0.2, 0.25) is 0 Å². The predicted molar refractivity (Wildman–Crippen MR) is 334 cm³/mol. The average molecular weight is 1070 g/mol. The molecule has 0 aromatic carbocycles. The van der Waals surface area contributed by atoms with E-state index in [1.54, 1.807) is 0 Å². The van der Waals surface area contributed by atoms with Crippen LogP contribution in [0.5, 0.6) is 0 Å². The highest BCUT2D eigenvalue weighted by molar-refractivity contribution is 5.71. The van der Waals surface area contributed by atoms with Crippen LogP contribution in [-0.2, 0) is 28.6 Å². The van der Waals surface area contributed by atoms with Gasteiger partial charge in [-0.1, -0.05) is 273 Å². The van der Waals surface area contributed by atoms with E-state index in [4.69, 9.17) is 14.2 Å². The minimum Gasteiger partial charge on any atom is -0.462 e. The van der Waals surface area contributed by atoms with Gasteiger partial charge in [0.15, 0.2) is 6.10 Å². The van der Waals surface area contributed by atoms with Crippen molar-refractivity contribution in [3.8, 4) is 0 Å². The number of allylic oxidation sites excluding steroid dienone is 14. The zero-order valence-corrected chi connectivity index (χ0v) is 51.0. The van der Waals surface area contributed by atoms with E-state index < -0.39 is 6.10 Å². The topological polar surface area (TPSA) is 78.9 Å². The lowest BCUT2D eigenvalue weighted by Crippen LogP contribution is -2.30. The Bertz CT molecular complexity index is 1470. The largest absolute Gasteiger partial charge is 0.462 e. The molecule has 0 aromatic rings. The minimum atomic E-state index is -0.792. The summed E-state index contributed by atoms with van der Waals surface area (Å²) in [5.41, 5.74) is 0. The van der Waals surface area contributed by atoms with Gasteiger partial charge in [0.25, 0.3) is 0 Å². The Hall–Kier alpha value is -3.41. The second-order valence-electron chi connectivity index (χ2n) is 22.0. The molecule has 0 saturated carbocycles. The second-order valence-corrected chi connectivity index (χ2v) is 22.0.